The Morgan fingerprint density at radius 2 is 1.47 bits per heavy atom. The highest BCUT2D eigenvalue weighted by molar-refractivity contribution is 6.40. The van der Waals surface area contributed by atoms with Gasteiger partial charge in [0.2, 0.25) is 0 Å². The third kappa shape index (κ3) is 5.30. The van der Waals surface area contributed by atoms with Crippen LogP contribution in [0.3, 0.4) is 0 Å². The van der Waals surface area contributed by atoms with Crippen LogP contribution in [0.2, 0.25) is 20.1 Å². The molecule has 0 saturated carbocycles. The van der Waals surface area contributed by atoms with Gasteiger partial charge in [-0.1, -0.05) is 52.5 Å². The second-order valence-corrected chi connectivity index (χ2v) is 8.66. The summed E-state index contributed by atoms with van der Waals surface area (Å²) in [6.07, 6.45) is 0. The number of imide groups is 1. The molecule has 3 aromatic carbocycles. The Labute approximate surface area is 205 Å². The summed E-state index contributed by atoms with van der Waals surface area (Å²) in [6.45, 7) is 5.50. The van der Waals surface area contributed by atoms with E-state index in [1.807, 2.05) is 20.8 Å². The molecular weight excluding hydrogens is 494 g/mol. The number of urea groups is 1. The van der Waals surface area contributed by atoms with Crippen molar-refractivity contribution >= 4 is 64.0 Å². The summed E-state index contributed by atoms with van der Waals surface area (Å²) in [4.78, 5) is 25.0. The molecule has 166 valence electrons. The lowest BCUT2D eigenvalue weighted by molar-refractivity contribution is 0.0967. The molecule has 0 spiro atoms. The van der Waals surface area contributed by atoms with Crippen LogP contribution in [0.15, 0.2) is 42.5 Å². The predicted molar refractivity (Wildman–Crippen MR) is 130 cm³/mol. The molecule has 0 fully saturated rings. The number of anilines is 1. The lowest BCUT2D eigenvalue weighted by Crippen LogP contribution is -2.35. The third-order valence-corrected chi connectivity index (χ3v) is 5.98. The van der Waals surface area contributed by atoms with Crippen molar-refractivity contribution in [3.8, 4) is 11.5 Å². The standard InChI is InChI=1S/C23H18Cl4N2O3/c1-11-9-19(32-18-8-7-14(24)10-17(18)27)12(2)13(3)21(11)28-23(31)29-22(30)20-15(25)5-4-6-16(20)26/h4-10H,1-3H3,(H2,28,29,30,31). The Morgan fingerprint density at radius 1 is 0.812 bits per heavy atom. The van der Waals surface area contributed by atoms with Gasteiger partial charge in [0.15, 0.2) is 0 Å². The van der Waals surface area contributed by atoms with Gasteiger partial charge in [-0.15, -0.1) is 0 Å². The van der Waals surface area contributed by atoms with Crippen LogP contribution in [0.4, 0.5) is 10.5 Å². The molecule has 0 aliphatic carbocycles. The molecule has 0 aromatic heterocycles. The van der Waals surface area contributed by atoms with Gasteiger partial charge in [-0.25, -0.2) is 4.79 Å². The van der Waals surface area contributed by atoms with Crippen molar-refractivity contribution < 1.29 is 14.3 Å². The molecule has 0 heterocycles. The van der Waals surface area contributed by atoms with E-state index in [9.17, 15) is 9.59 Å². The first kappa shape index (κ1) is 24.2. The summed E-state index contributed by atoms with van der Waals surface area (Å²) < 4.78 is 5.96. The first-order valence-electron chi connectivity index (χ1n) is 9.38. The highest BCUT2D eigenvalue weighted by Gasteiger charge is 2.19. The minimum absolute atomic E-state index is 0.0270. The Hall–Kier alpha value is -2.44. The third-order valence-electron chi connectivity index (χ3n) is 4.82. The van der Waals surface area contributed by atoms with Crippen molar-refractivity contribution in [1.82, 2.24) is 5.32 Å². The number of aryl methyl sites for hydroxylation is 1. The van der Waals surface area contributed by atoms with Crippen LogP contribution < -0.4 is 15.4 Å². The van der Waals surface area contributed by atoms with E-state index in [1.54, 1.807) is 30.3 Å². The number of ether oxygens (including phenoxy) is 1. The molecule has 9 heteroatoms. The van der Waals surface area contributed by atoms with Crippen LogP contribution in [-0.2, 0) is 0 Å². The van der Waals surface area contributed by atoms with E-state index in [1.165, 1.54) is 12.1 Å². The van der Waals surface area contributed by atoms with Gasteiger partial charge in [0.05, 0.1) is 20.6 Å². The minimum atomic E-state index is -0.717. The number of rotatable bonds is 4. The van der Waals surface area contributed by atoms with Crippen LogP contribution in [-0.4, -0.2) is 11.9 Å². The number of carbonyl (C=O) groups excluding carboxylic acids is 2. The molecule has 0 unspecified atom stereocenters. The van der Waals surface area contributed by atoms with Crippen molar-refractivity contribution in [3.05, 3.63) is 84.8 Å². The zero-order valence-electron chi connectivity index (χ0n) is 17.3. The number of benzene rings is 3. The van der Waals surface area contributed by atoms with Crippen LogP contribution >= 0.6 is 46.4 Å². The average molecular weight is 512 g/mol. The van der Waals surface area contributed by atoms with Gasteiger partial charge in [-0.05, 0) is 73.9 Å². The lowest BCUT2D eigenvalue weighted by Gasteiger charge is -2.18. The number of nitrogens with one attached hydrogen (secondary N) is 2. The fourth-order valence-corrected chi connectivity index (χ4v) is 4.06. The molecular formula is C23H18Cl4N2O3. The van der Waals surface area contributed by atoms with Crippen molar-refractivity contribution in [1.29, 1.82) is 0 Å². The molecule has 0 atom stereocenters. The molecule has 0 aliphatic rings. The fraction of sp³-hybridized carbons (Fsp3) is 0.130. The summed E-state index contributed by atoms with van der Waals surface area (Å²) in [5.74, 6) is 0.329. The number of halogens is 4. The summed E-state index contributed by atoms with van der Waals surface area (Å²) in [5, 5.41) is 6.14. The molecule has 2 N–H and O–H groups in total. The van der Waals surface area contributed by atoms with E-state index in [2.05, 4.69) is 10.6 Å². The average Bonchev–Trinajstić information content (AvgIpc) is 2.71. The van der Waals surface area contributed by atoms with Crippen molar-refractivity contribution in [2.75, 3.05) is 5.32 Å². The number of hydrogen-bond donors (Lipinski definition) is 2. The Balaban J connectivity index is 1.81. The van der Waals surface area contributed by atoms with Gasteiger partial charge in [0.25, 0.3) is 5.91 Å². The minimum Gasteiger partial charge on any atom is -0.456 e. The summed E-state index contributed by atoms with van der Waals surface area (Å²) in [7, 11) is 0. The monoisotopic (exact) mass is 510 g/mol. The topological polar surface area (TPSA) is 67.4 Å². The van der Waals surface area contributed by atoms with Crippen LogP contribution in [0, 0.1) is 20.8 Å². The maximum absolute atomic E-state index is 12.5. The molecule has 0 bridgehead atoms. The second kappa shape index (κ2) is 10.0. The first-order chi connectivity index (χ1) is 15.1. The van der Waals surface area contributed by atoms with E-state index in [4.69, 9.17) is 51.1 Å². The summed E-state index contributed by atoms with van der Waals surface area (Å²) >= 11 is 24.2. The molecule has 3 rings (SSSR count). The van der Waals surface area contributed by atoms with E-state index < -0.39 is 11.9 Å². The summed E-state index contributed by atoms with van der Waals surface area (Å²) in [5.41, 5.74) is 2.86. The number of hydrogen-bond acceptors (Lipinski definition) is 3. The van der Waals surface area contributed by atoms with Crippen molar-refractivity contribution in [2.45, 2.75) is 20.8 Å². The molecule has 5 nitrogen and oxygen atoms in total. The first-order valence-corrected chi connectivity index (χ1v) is 10.9. The Morgan fingerprint density at radius 3 is 2.09 bits per heavy atom. The van der Waals surface area contributed by atoms with E-state index in [0.717, 1.165) is 16.7 Å². The van der Waals surface area contributed by atoms with Gasteiger partial charge >= 0.3 is 6.03 Å². The zero-order chi connectivity index (χ0) is 23.6. The fourth-order valence-electron chi connectivity index (χ4n) is 3.05. The van der Waals surface area contributed by atoms with Crippen molar-refractivity contribution in [3.63, 3.8) is 0 Å². The van der Waals surface area contributed by atoms with E-state index >= 15 is 0 Å². The summed E-state index contributed by atoms with van der Waals surface area (Å²) in [6, 6.07) is 10.7. The Kier molecular flexibility index (Phi) is 7.57. The normalized spacial score (nSPS) is 10.6. The van der Waals surface area contributed by atoms with Gasteiger partial charge < -0.3 is 10.1 Å². The van der Waals surface area contributed by atoms with Crippen LogP contribution in [0.1, 0.15) is 27.0 Å². The smallest absolute Gasteiger partial charge is 0.326 e. The van der Waals surface area contributed by atoms with Gasteiger partial charge in [0.1, 0.15) is 11.5 Å². The maximum Gasteiger partial charge on any atom is 0.326 e. The molecule has 0 radical (unpaired) electrons. The highest BCUT2D eigenvalue weighted by Crippen LogP contribution is 2.37. The van der Waals surface area contributed by atoms with Crippen LogP contribution in [0.25, 0.3) is 0 Å². The van der Waals surface area contributed by atoms with Gasteiger partial charge in [0, 0.05) is 10.7 Å². The largest absolute Gasteiger partial charge is 0.456 e. The number of amides is 3. The maximum atomic E-state index is 12.5. The zero-order valence-corrected chi connectivity index (χ0v) is 20.3. The predicted octanol–water partition coefficient (Wildman–Crippen LogP) is 7.98. The highest BCUT2D eigenvalue weighted by atomic mass is 35.5. The molecule has 3 amide bonds. The molecule has 3 aromatic rings. The van der Waals surface area contributed by atoms with E-state index in [-0.39, 0.29) is 15.6 Å². The van der Waals surface area contributed by atoms with Gasteiger partial charge in [-0.2, -0.15) is 0 Å². The lowest BCUT2D eigenvalue weighted by atomic mass is 10.0. The van der Waals surface area contributed by atoms with E-state index in [0.29, 0.717) is 27.2 Å². The second-order valence-electron chi connectivity index (χ2n) is 7.00. The molecule has 0 aliphatic heterocycles. The van der Waals surface area contributed by atoms with Crippen LogP contribution in [0.5, 0.6) is 11.5 Å². The number of carbonyl (C=O) groups is 2. The molecule has 32 heavy (non-hydrogen) atoms. The SMILES string of the molecule is Cc1cc(Oc2ccc(Cl)cc2Cl)c(C)c(C)c1NC(=O)NC(=O)c1c(Cl)cccc1Cl. The molecule has 0 saturated heterocycles. The quantitative estimate of drug-likeness (QED) is 0.373. The van der Waals surface area contributed by atoms with Crippen molar-refractivity contribution in [2.24, 2.45) is 0 Å². The Bertz CT molecular complexity index is 1210. The van der Waals surface area contributed by atoms with Gasteiger partial charge in [-0.3, -0.25) is 10.1 Å².